The largest absolute Gasteiger partial charge is 0.290 e. The number of hydrogen-bond donors (Lipinski definition) is 0. The molecular formula is C6H14OP. The van der Waals surface area contributed by atoms with Crippen LogP contribution in [-0.4, -0.2) is 5.66 Å². The van der Waals surface area contributed by atoms with Gasteiger partial charge in [-0.1, -0.05) is 26.7 Å². The molecule has 1 nitrogen and oxygen atoms in total. The van der Waals surface area contributed by atoms with E-state index in [2.05, 4.69) is 6.92 Å². The first-order chi connectivity index (χ1) is 3.81. The minimum absolute atomic E-state index is 0.109. The van der Waals surface area contributed by atoms with Crippen molar-refractivity contribution in [2.45, 2.75) is 38.8 Å². The molecule has 0 aromatic rings. The van der Waals surface area contributed by atoms with Crippen molar-refractivity contribution in [2.24, 2.45) is 0 Å². The van der Waals surface area contributed by atoms with Crippen LogP contribution in [0, 0.1) is 0 Å². The Morgan fingerprint density at radius 2 is 2.25 bits per heavy atom. The highest BCUT2D eigenvalue weighted by molar-refractivity contribution is 7.24. The van der Waals surface area contributed by atoms with E-state index in [1.54, 1.807) is 0 Å². The molecule has 8 heavy (non-hydrogen) atoms. The molecule has 0 rings (SSSR count). The summed E-state index contributed by atoms with van der Waals surface area (Å²) in [5, 5.41) is 0. The zero-order chi connectivity index (χ0) is 6.41. The standard InChI is InChI=1S/C6H14OP/c1-3-4-5-6(2)8-7/h6,8H,3-5H2,1-2H3. The van der Waals surface area contributed by atoms with Crippen LogP contribution in [0.1, 0.15) is 33.1 Å². The lowest BCUT2D eigenvalue weighted by atomic mass is 10.2. The fourth-order valence-corrected chi connectivity index (χ4v) is 0.891. The number of hydrogen-bond acceptors (Lipinski definition) is 1. The molecule has 2 heteroatoms. The molecule has 0 amide bonds. The Morgan fingerprint density at radius 1 is 1.62 bits per heavy atom. The van der Waals surface area contributed by atoms with Gasteiger partial charge in [-0.3, -0.25) is 4.57 Å². The normalized spacial score (nSPS) is 14.2. The van der Waals surface area contributed by atoms with Crippen molar-refractivity contribution >= 4 is 8.46 Å². The summed E-state index contributed by atoms with van der Waals surface area (Å²) < 4.78 is 10.2. The van der Waals surface area contributed by atoms with E-state index >= 15 is 0 Å². The summed E-state index contributed by atoms with van der Waals surface area (Å²) in [7, 11) is -0.109. The van der Waals surface area contributed by atoms with Gasteiger partial charge in [0.1, 0.15) is 0 Å². The van der Waals surface area contributed by atoms with Gasteiger partial charge in [-0.15, -0.1) is 0 Å². The smallest absolute Gasteiger partial charge is 0.0610 e. The van der Waals surface area contributed by atoms with Gasteiger partial charge in [0.2, 0.25) is 0 Å². The van der Waals surface area contributed by atoms with Gasteiger partial charge in [0.25, 0.3) is 0 Å². The van der Waals surface area contributed by atoms with Crippen molar-refractivity contribution in [3.63, 3.8) is 0 Å². The lowest BCUT2D eigenvalue weighted by molar-refractivity contribution is 0.585. The van der Waals surface area contributed by atoms with Crippen molar-refractivity contribution in [3.8, 4) is 0 Å². The van der Waals surface area contributed by atoms with Gasteiger partial charge in [-0.2, -0.15) is 0 Å². The minimum atomic E-state index is -0.109. The van der Waals surface area contributed by atoms with Crippen LogP contribution in [0.4, 0.5) is 0 Å². The van der Waals surface area contributed by atoms with E-state index in [0.29, 0.717) is 5.66 Å². The third kappa shape index (κ3) is 4.26. The van der Waals surface area contributed by atoms with Crippen LogP contribution in [0.3, 0.4) is 0 Å². The van der Waals surface area contributed by atoms with Crippen molar-refractivity contribution < 1.29 is 4.57 Å². The van der Waals surface area contributed by atoms with Crippen LogP contribution < -0.4 is 0 Å². The van der Waals surface area contributed by atoms with Gasteiger partial charge in [0, 0.05) is 5.66 Å². The Morgan fingerprint density at radius 3 is 2.62 bits per heavy atom. The minimum Gasteiger partial charge on any atom is -0.290 e. The molecule has 0 heterocycles. The zero-order valence-corrected chi connectivity index (χ0v) is 6.61. The summed E-state index contributed by atoms with van der Waals surface area (Å²) in [5.41, 5.74) is 0.426. The maximum atomic E-state index is 10.2. The fraction of sp³-hybridized carbons (Fsp3) is 1.00. The van der Waals surface area contributed by atoms with E-state index in [1.165, 1.54) is 12.8 Å². The molecule has 1 radical (unpaired) electrons. The molecule has 0 aromatic carbocycles. The van der Waals surface area contributed by atoms with Crippen LogP contribution >= 0.6 is 8.46 Å². The second-order valence-corrected chi connectivity index (χ2v) is 3.38. The summed E-state index contributed by atoms with van der Waals surface area (Å²) in [6.45, 7) is 4.18. The topological polar surface area (TPSA) is 17.1 Å². The third-order valence-corrected chi connectivity index (χ3v) is 1.88. The maximum Gasteiger partial charge on any atom is 0.0610 e. The Kier molecular flexibility index (Phi) is 5.31. The summed E-state index contributed by atoms with van der Waals surface area (Å²) in [4.78, 5) is 0. The fourth-order valence-electron chi connectivity index (χ4n) is 0.569. The molecule has 0 bridgehead atoms. The van der Waals surface area contributed by atoms with Crippen LogP contribution in [0.25, 0.3) is 0 Å². The highest BCUT2D eigenvalue weighted by Gasteiger charge is 1.95. The SMILES string of the molecule is CCCCC(C)[PH]=O. The van der Waals surface area contributed by atoms with E-state index in [1.807, 2.05) is 6.92 Å². The van der Waals surface area contributed by atoms with E-state index < -0.39 is 0 Å². The van der Waals surface area contributed by atoms with Gasteiger partial charge in [-0.25, -0.2) is 0 Å². The first-order valence-electron chi connectivity index (χ1n) is 3.19. The van der Waals surface area contributed by atoms with Crippen molar-refractivity contribution in [1.82, 2.24) is 0 Å². The van der Waals surface area contributed by atoms with E-state index in [-0.39, 0.29) is 8.46 Å². The van der Waals surface area contributed by atoms with Crippen molar-refractivity contribution in [2.75, 3.05) is 0 Å². The summed E-state index contributed by atoms with van der Waals surface area (Å²) in [6, 6.07) is 0. The monoisotopic (exact) mass is 133 g/mol. The molecule has 2 atom stereocenters. The Balaban J connectivity index is 2.98. The average Bonchev–Trinajstić information content (AvgIpc) is 1.83. The number of rotatable bonds is 4. The molecular weight excluding hydrogens is 119 g/mol. The third-order valence-electron chi connectivity index (χ3n) is 1.19. The summed E-state index contributed by atoms with van der Waals surface area (Å²) in [5.74, 6) is 0. The molecule has 0 saturated heterocycles. The molecule has 0 aliphatic carbocycles. The molecule has 0 aliphatic heterocycles. The van der Waals surface area contributed by atoms with Gasteiger partial charge in [-0.05, 0) is 6.42 Å². The molecule has 2 unspecified atom stereocenters. The number of unbranched alkanes of at least 4 members (excludes halogenated alkanes) is 1. The molecule has 0 N–H and O–H groups in total. The molecule has 0 fully saturated rings. The molecule has 0 spiro atoms. The first kappa shape index (κ1) is 8.10. The van der Waals surface area contributed by atoms with Crippen molar-refractivity contribution in [3.05, 3.63) is 0 Å². The van der Waals surface area contributed by atoms with E-state index in [4.69, 9.17) is 0 Å². The van der Waals surface area contributed by atoms with Crippen LogP contribution in [0.15, 0.2) is 0 Å². The molecule has 49 valence electrons. The van der Waals surface area contributed by atoms with Gasteiger partial charge in [0.15, 0.2) is 0 Å². The first-order valence-corrected chi connectivity index (χ1v) is 4.17. The molecule has 0 saturated carbocycles. The predicted molar refractivity (Wildman–Crippen MR) is 38.0 cm³/mol. The second-order valence-electron chi connectivity index (χ2n) is 2.16. The van der Waals surface area contributed by atoms with Crippen molar-refractivity contribution in [1.29, 1.82) is 0 Å². The maximum absolute atomic E-state index is 10.2. The summed E-state index contributed by atoms with van der Waals surface area (Å²) >= 11 is 0. The Labute approximate surface area is 52.7 Å². The van der Waals surface area contributed by atoms with Crippen LogP contribution in [-0.2, 0) is 4.57 Å². The van der Waals surface area contributed by atoms with Gasteiger partial charge >= 0.3 is 0 Å². The average molecular weight is 133 g/mol. The zero-order valence-electron chi connectivity index (χ0n) is 5.61. The van der Waals surface area contributed by atoms with Crippen LogP contribution in [0.2, 0.25) is 0 Å². The molecule has 0 aliphatic rings. The quantitative estimate of drug-likeness (QED) is 0.538. The van der Waals surface area contributed by atoms with Gasteiger partial charge in [0.05, 0.1) is 8.46 Å². The van der Waals surface area contributed by atoms with E-state index in [9.17, 15) is 4.57 Å². The lowest BCUT2D eigenvalue weighted by Gasteiger charge is -1.97. The predicted octanol–water partition coefficient (Wildman–Crippen LogP) is 2.59. The van der Waals surface area contributed by atoms with Gasteiger partial charge < -0.3 is 0 Å². The Bertz CT molecular complexity index is 63.5. The second kappa shape index (κ2) is 5.24. The molecule has 0 aromatic heterocycles. The lowest BCUT2D eigenvalue weighted by Crippen LogP contribution is -1.88. The summed E-state index contributed by atoms with van der Waals surface area (Å²) in [6.07, 6.45) is 3.56. The van der Waals surface area contributed by atoms with Crippen LogP contribution in [0.5, 0.6) is 0 Å². The highest BCUT2D eigenvalue weighted by Crippen LogP contribution is 2.12. The van der Waals surface area contributed by atoms with E-state index in [0.717, 1.165) is 6.42 Å². The highest BCUT2D eigenvalue weighted by atomic mass is 31.1. The Hall–Kier alpha value is 0.100.